The third-order valence-electron chi connectivity index (χ3n) is 5.59. The Labute approximate surface area is 129 Å². The van der Waals surface area contributed by atoms with E-state index in [0.717, 1.165) is 28.4 Å². The lowest BCUT2D eigenvalue weighted by molar-refractivity contribution is 0.297. The Kier molecular flexibility index (Phi) is 2.75. The molecule has 1 N–H and O–H groups in total. The topological polar surface area (TPSA) is 58.9 Å². The van der Waals surface area contributed by atoms with Gasteiger partial charge in [-0.3, -0.25) is 0 Å². The highest BCUT2D eigenvalue weighted by Crippen LogP contribution is 2.43. The third-order valence-corrected chi connectivity index (χ3v) is 5.59. The summed E-state index contributed by atoms with van der Waals surface area (Å²) < 4.78 is 1.84. The molecule has 114 valence electrons. The number of hydrogen-bond donors (Lipinski definition) is 1. The van der Waals surface area contributed by atoms with E-state index in [2.05, 4.69) is 26.3 Å². The molecule has 0 radical (unpaired) electrons. The van der Waals surface area contributed by atoms with E-state index in [1.54, 1.807) is 6.33 Å². The van der Waals surface area contributed by atoms with Crippen LogP contribution in [0.5, 0.6) is 0 Å². The van der Waals surface area contributed by atoms with Crippen LogP contribution in [-0.4, -0.2) is 24.8 Å². The van der Waals surface area contributed by atoms with Gasteiger partial charge in [0.1, 0.15) is 17.5 Å². The maximum absolute atomic E-state index is 4.51. The summed E-state index contributed by atoms with van der Waals surface area (Å²) in [5.41, 5.74) is 3.26. The monoisotopic (exact) mass is 295 g/mol. The number of nitrogens with one attached hydrogen (secondary N) is 1. The van der Waals surface area contributed by atoms with Crippen molar-refractivity contribution in [3.63, 3.8) is 0 Å². The molecule has 2 fully saturated rings. The zero-order valence-corrected chi connectivity index (χ0v) is 12.7. The summed E-state index contributed by atoms with van der Waals surface area (Å²) >= 11 is 0. The molecule has 0 spiro atoms. The lowest BCUT2D eigenvalue weighted by Crippen LogP contribution is -2.14. The van der Waals surface area contributed by atoms with Crippen LogP contribution in [0.25, 0.3) is 16.6 Å². The molecule has 0 bridgehead atoms. The van der Waals surface area contributed by atoms with Crippen LogP contribution in [0, 0.1) is 11.8 Å². The highest BCUT2D eigenvalue weighted by atomic mass is 15.4. The van der Waals surface area contributed by atoms with Gasteiger partial charge in [-0.05, 0) is 50.0 Å². The van der Waals surface area contributed by atoms with Gasteiger partial charge in [0, 0.05) is 17.5 Å². The minimum atomic E-state index is 0.563. The van der Waals surface area contributed by atoms with Crippen LogP contribution in [-0.2, 0) is 0 Å². The zero-order valence-electron chi connectivity index (χ0n) is 12.7. The molecule has 2 aliphatic rings. The largest absolute Gasteiger partial charge is 0.346 e. The molecule has 0 unspecified atom stereocenters. The van der Waals surface area contributed by atoms with E-state index in [4.69, 9.17) is 0 Å². The van der Waals surface area contributed by atoms with Crippen molar-refractivity contribution >= 4 is 16.6 Å². The second-order valence-electron chi connectivity index (χ2n) is 7.15. The normalized spacial score (nSPS) is 26.0. The molecule has 5 heteroatoms. The van der Waals surface area contributed by atoms with Gasteiger partial charge in [-0.25, -0.2) is 9.50 Å². The highest BCUT2D eigenvalue weighted by molar-refractivity contribution is 5.92. The summed E-state index contributed by atoms with van der Waals surface area (Å²) in [5, 5.41) is 9.94. The average Bonchev–Trinajstić information content (AvgIpc) is 3.07. The van der Waals surface area contributed by atoms with E-state index in [-0.39, 0.29) is 0 Å². The van der Waals surface area contributed by atoms with Crippen molar-refractivity contribution in [3.8, 4) is 0 Å². The lowest BCUT2D eigenvalue weighted by Gasteiger charge is -2.27. The van der Waals surface area contributed by atoms with E-state index >= 15 is 0 Å². The van der Waals surface area contributed by atoms with Gasteiger partial charge in [-0.1, -0.05) is 18.1 Å². The Bertz CT molecular complexity index is 805. The van der Waals surface area contributed by atoms with Gasteiger partial charge in [0.05, 0.1) is 5.69 Å². The number of hydrogen-bond acceptors (Lipinski definition) is 3. The summed E-state index contributed by atoms with van der Waals surface area (Å²) in [6.07, 6.45) is 13.4. The highest BCUT2D eigenvalue weighted by Gasteiger charge is 2.30. The molecular formula is C17H21N5. The standard InChI is InChI=1S/C17H21N5/c1-2-11(1)9-12-3-5-13(6-4-12)15-16-14-7-8-18-17(14)19-10-22(16)21-20-15/h7-8,10-13,18H,1-6,9H2. The van der Waals surface area contributed by atoms with Gasteiger partial charge in [0.2, 0.25) is 0 Å². The van der Waals surface area contributed by atoms with Crippen LogP contribution >= 0.6 is 0 Å². The van der Waals surface area contributed by atoms with Gasteiger partial charge in [0.15, 0.2) is 0 Å². The molecule has 0 aliphatic heterocycles. The maximum atomic E-state index is 4.51. The summed E-state index contributed by atoms with van der Waals surface area (Å²) in [7, 11) is 0. The molecule has 5 rings (SSSR count). The number of nitrogens with zero attached hydrogens (tertiary/aromatic N) is 4. The summed E-state index contributed by atoms with van der Waals surface area (Å²) in [6, 6.07) is 2.09. The van der Waals surface area contributed by atoms with Gasteiger partial charge >= 0.3 is 0 Å². The maximum Gasteiger partial charge on any atom is 0.141 e. The first-order valence-corrected chi connectivity index (χ1v) is 8.55. The number of aromatic amines is 1. The van der Waals surface area contributed by atoms with Crippen molar-refractivity contribution in [2.45, 2.75) is 50.9 Å². The molecule has 0 amide bonds. The predicted octanol–water partition coefficient (Wildman–Crippen LogP) is 3.68. The Morgan fingerprint density at radius 2 is 1.86 bits per heavy atom. The first-order valence-electron chi connectivity index (χ1n) is 8.55. The minimum Gasteiger partial charge on any atom is -0.346 e. The molecule has 3 aromatic rings. The molecule has 22 heavy (non-hydrogen) atoms. The first kappa shape index (κ1) is 12.6. The van der Waals surface area contributed by atoms with Crippen LogP contribution < -0.4 is 0 Å². The van der Waals surface area contributed by atoms with Crippen LogP contribution in [0.15, 0.2) is 18.6 Å². The molecule has 2 saturated carbocycles. The van der Waals surface area contributed by atoms with Crippen molar-refractivity contribution in [1.82, 2.24) is 24.8 Å². The average molecular weight is 295 g/mol. The van der Waals surface area contributed by atoms with E-state index in [1.165, 1.54) is 50.6 Å². The second-order valence-corrected chi connectivity index (χ2v) is 7.15. The molecule has 5 nitrogen and oxygen atoms in total. The van der Waals surface area contributed by atoms with Crippen molar-refractivity contribution in [2.24, 2.45) is 11.8 Å². The summed E-state index contributed by atoms with van der Waals surface area (Å²) in [4.78, 5) is 7.57. The first-order chi connectivity index (χ1) is 10.9. The Balaban J connectivity index is 1.45. The number of rotatable bonds is 3. The number of fused-ring (bicyclic) bond motifs is 3. The van der Waals surface area contributed by atoms with Gasteiger partial charge in [-0.15, -0.1) is 5.10 Å². The van der Waals surface area contributed by atoms with Crippen molar-refractivity contribution < 1.29 is 0 Å². The predicted molar refractivity (Wildman–Crippen MR) is 84.7 cm³/mol. The van der Waals surface area contributed by atoms with E-state index < -0.39 is 0 Å². The molecule has 0 aromatic carbocycles. The fourth-order valence-electron chi connectivity index (χ4n) is 4.19. The van der Waals surface area contributed by atoms with Gasteiger partial charge in [0.25, 0.3) is 0 Å². The molecule has 0 atom stereocenters. The molecule has 2 aliphatic carbocycles. The molecule has 3 heterocycles. The van der Waals surface area contributed by atoms with Crippen LogP contribution in [0.3, 0.4) is 0 Å². The Hall–Kier alpha value is -1.91. The quantitative estimate of drug-likeness (QED) is 0.802. The number of H-pyrrole nitrogens is 1. The Morgan fingerprint density at radius 1 is 1.09 bits per heavy atom. The van der Waals surface area contributed by atoms with Crippen LogP contribution in [0.4, 0.5) is 0 Å². The third kappa shape index (κ3) is 2.02. The van der Waals surface area contributed by atoms with E-state index in [9.17, 15) is 0 Å². The SMILES string of the molecule is c1cc2c(ncn3nnc(C4CCC(CC5CC5)CC4)c23)[nH]1. The molecule has 0 saturated heterocycles. The lowest BCUT2D eigenvalue weighted by atomic mass is 9.78. The molecule has 3 aromatic heterocycles. The van der Waals surface area contributed by atoms with E-state index in [0.29, 0.717) is 5.92 Å². The fraction of sp³-hybridized carbons (Fsp3) is 0.588. The summed E-state index contributed by atoms with van der Waals surface area (Å²) in [5.74, 6) is 2.58. The molecular weight excluding hydrogens is 274 g/mol. The van der Waals surface area contributed by atoms with Crippen molar-refractivity contribution in [3.05, 3.63) is 24.3 Å². The van der Waals surface area contributed by atoms with E-state index in [1.807, 2.05) is 10.7 Å². The van der Waals surface area contributed by atoms with Crippen molar-refractivity contribution in [2.75, 3.05) is 0 Å². The van der Waals surface area contributed by atoms with Crippen LogP contribution in [0.2, 0.25) is 0 Å². The number of aromatic nitrogens is 5. The smallest absolute Gasteiger partial charge is 0.141 e. The van der Waals surface area contributed by atoms with Gasteiger partial charge in [-0.2, -0.15) is 0 Å². The zero-order chi connectivity index (χ0) is 14.5. The summed E-state index contributed by atoms with van der Waals surface area (Å²) in [6.45, 7) is 0. The fourth-order valence-corrected chi connectivity index (χ4v) is 4.19. The minimum absolute atomic E-state index is 0.563. The van der Waals surface area contributed by atoms with Gasteiger partial charge < -0.3 is 4.98 Å². The van der Waals surface area contributed by atoms with Crippen molar-refractivity contribution in [1.29, 1.82) is 0 Å². The second kappa shape index (κ2) is 4.80. The van der Waals surface area contributed by atoms with Crippen LogP contribution in [0.1, 0.15) is 56.6 Å². The Morgan fingerprint density at radius 3 is 2.64 bits per heavy atom.